The Morgan fingerprint density at radius 3 is 2.47 bits per heavy atom. The maximum absolute atomic E-state index is 10.8. The number of amides is 2. The molecule has 0 aromatic heterocycles. The number of urea groups is 1. The van der Waals surface area contributed by atoms with Crippen LogP contribution in [0.2, 0.25) is 0 Å². The lowest BCUT2D eigenvalue weighted by molar-refractivity contribution is 0.259. The average molecular weight is 261 g/mol. The third-order valence-corrected chi connectivity index (χ3v) is 3.77. The Morgan fingerprint density at radius 1 is 1.37 bits per heavy atom. The van der Waals surface area contributed by atoms with Crippen LogP contribution in [0, 0.1) is 5.92 Å². The summed E-state index contributed by atoms with van der Waals surface area (Å²) in [6.07, 6.45) is 3.90. The SMILES string of the molecule is CCC(NC(C)c1ccc(NC(N)=O)cc1)C1CC1. The molecule has 2 rings (SSSR count). The van der Waals surface area contributed by atoms with E-state index in [4.69, 9.17) is 5.73 Å². The summed E-state index contributed by atoms with van der Waals surface area (Å²) in [6, 6.07) is 8.25. The lowest BCUT2D eigenvalue weighted by Gasteiger charge is -2.22. The predicted octanol–water partition coefficient (Wildman–Crippen LogP) is 3.02. The van der Waals surface area contributed by atoms with E-state index in [1.54, 1.807) is 0 Å². The minimum atomic E-state index is -0.529. The number of carbonyl (C=O) groups is 1. The van der Waals surface area contributed by atoms with Crippen LogP contribution in [0.4, 0.5) is 10.5 Å². The van der Waals surface area contributed by atoms with Gasteiger partial charge < -0.3 is 16.4 Å². The van der Waals surface area contributed by atoms with E-state index < -0.39 is 6.03 Å². The fraction of sp³-hybridized carbons (Fsp3) is 0.533. The van der Waals surface area contributed by atoms with E-state index in [2.05, 4.69) is 24.5 Å². The first kappa shape index (κ1) is 13.9. The summed E-state index contributed by atoms with van der Waals surface area (Å²) >= 11 is 0. The largest absolute Gasteiger partial charge is 0.351 e. The minimum absolute atomic E-state index is 0.327. The Hall–Kier alpha value is -1.55. The molecule has 0 heterocycles. The molecule has 1 aromatic rings. The van der Waals surface area contributed by atoms with Crippen molar-refractivity contribution in [1.82, 2.24) is 5.32 Å². The van der Waals surface area contributed by atoms with Crippen LogP contribution in [0.5, 0.6) is 0 Å². The van der Waals surface area contributed by atoms with Crippen LogP contribution in [0.15, 0.2) is 24.3 Å². The molecule has 0 aliphatic heterocycles. The number of nitrogens with one attached hydrogen (secondary N) is 2. The molecule has 19 heavy (non-hydrogen) atoms. The van der Waals surface area contributed by atoms with E-state index in [0.717, 1.165) is 11.6 Å². The van der Waals surface area contributed by atoms with Crippen LogP contribution < -0.4 is 16.4 Å². The van der Waals surface area contributed by atoms with E-state index in [1.807, 2.05) is 24.3 Å². The first-order valence-electron chi connectivity index (χ1n) is 7.02. The van der Waals surface area contributed by atoms with Gasteiger partial charge in [0.2, 0.25) is 0 Å². The maximum Gasteiger partial charge on any atom is 0.316 e. The van der Waals surface area contributed by atoms with Crippen molar-refractivity contribution >= 4 is 11.7 Å². The highest BCUT2D eigenvalue weighted by Crippen LogP contribution is 2.35. The summed E-state index contributed by atoms with van der Waals surface area (Å²) in [5.74, 6) is 0.864. The topological polar surface area (TPSA) is 67.2 Å². The molecule has 2 atom stereocenters. The second-order valence-electron chi connectivity index (χ2n) is 5.35. The van der Waals surface area contributed by atoms with Gasteiger partial charge in [0.25, 0.3) is 0 Å². The molecule has 0 spiro atoms. The van der Waals surface area contributed by atoms with Crippen molar-refractivity contribution in [2.45, 2.75) is 45.2 Å². The Bertz CT molecular complexity index is 426. The van der Waals surface area contributed by atoms with Gasteiger partial charge in [-0.2, -0.15) is 0 Å². The molecule has 0 saturated heterocycles. The van der Waals surface area contributed by atoms with Crippen LogP contribution in [-0.4, -0.2) is 12.1 Å². The van der Waals surface area contributed by atoms with Gasteiger partial charge in [-0.05, 0) is 49.8 Å². The summed E-state index contributed by atoms with van der Waals surface area (Å²) < 4.78 is 0. The molecule has 1 saturated carbocycles. The van der Waals surface area contributed by atoms with Crippen molar-refractivity contribution in [3.05, 3.63) is 29.8 Å². The fourth-order valence-electron chi connectivity index (χ4n) is 2.50. The summed E-state index contributed by atoms with van der Waals surface area (Å²) in [4.78, 5) is 10.8. The first-order valence-corrected chi connectivity index (χ1v) is 7.02. The molecule has 1 aromatic carbocycles. The number of anilines is 1. The van der Waals surface area contributed by atoms with E-state index in [1.165, 1.54) is 24.8 Å². The van der Waals surface area contributed by atoms with Gasteiger partial charge in [-0.1, -0.05) is 19.1 Å². The second-order valence-corrected chi connectivity index (χ2v) is 5.35. The predicted molar refractivity (Wildman–Crippen MR) is 78.0 cm³/mol. The monoisotopic (exact) mass is 261 g/mol. The Morgan fingerprint density at radius 2 is 2.00 bits per heavy atom. The summed E-state index contributed by atoms with van der Waals surface area (Å²) in [6.45, 7) is 4.42. The summed E-state index contributed by atoms with van der Waals surface area (Å²) in [5, 5.41) is 6.26. The normalized spacial score (nSPS) is 17.8. The van der Waals surface area contributed by atoms with Gasteiger partial charge >= 0.3 is 6.03 Å². The van der Waals surface area contributed by atoms with Crippen LogP contribution in [0.25, 0.3) is 0 Å². The van der Waals surface area contributed by atoms with Crippen LogP contribution >= 0.6 is 0 Å². The lowest BCUT2D eigenvalue weighted by atomic mass is 10.0. The number of carbonyl (C=O) groups excluding carboxylic acids is 1. The highest BCUT2D eigenvalue weighted by atomic mass is 16.2. The molecule has 4 nitrogen and oxygen atoms in total. The fourth-order valence-corrected chi connectivity index (χ4v) is 2.50. The maximum atomic E-state index is 10.8. The van der Waals surface area contributed by atoms with Gasteiger partial charge in [0, 0.05) is 17.8 Å². The van der Waals surface area contributed by atoms with Crippen molar-refractivity contribution in [3.8, 4) is 0 Å². The van der Waals surface area contributed by atoms with E-state index >= 15 is 0 Å². The number of primary amides is 1. The van der Waals surface area contributed by atoms with Crippen molar-refractivity contribution in [1.29, 1.82) is 0 Å². The summed E-state index contributed by atoms with van der Waals surface area (Å²) in [5.41, 5.74) is 7.05. The van der Waals surface area contributed by atoms with Gasteiger partial charge in [0.1, 0.15) is 0 Å². The number of hydrogen-bond acceptors (Lipinski definition) is 2. The third kappa shape index (κ3) is 3.96. The molecule has 1 aliphatic carbocycles. The standard InChI is InChI=1S/C15H23N3O/c1-3-14(12-4-5-12)17-10(2)11-6-8-13(9-7-11)18-15(16)19/h6-10,12,14,17H,3-5H2,1-2H3,(H3,16,18,19). The number of benzene rings is 1. The molecule has 1 fully saturated rings. The smallest absolute Gasteiger partial charge is 0.316 e. The zero-order valence-corrected chi connectivity index (χ0v) is 11.6. The van der Waals surface area contributed by atoms with Crippen LogP contribution in [0.3, 0.4) is 0 Å². The molecular weight excluding hydrogens is 238 g/mol. The molecule has 4 N–H and O–H groups in total. The van der Waals surface area contributed by atoms with Crippen LogP contribution in [-0.2, 0) is 0 Å². The average Bonchev–Trinajstić information content (AvgIpc) is 3.20. The Labute approximate surface area is 114 Å². The zero-order chi connectivity index (χ0) is 13.8. The molecule has 2 amide bonds. The van der Waals surface area contributed by atoms with Gasteiger partial charge in [0.05, 0.1) is 0 Å². The minimum Gasteiger partial charge on any atom is -0.351 e. The van der Waals surface area contributed by atoms with E-state index in [0.29, 0.717) is 12.1 Å². The number of hydrogen-bond donors (Lipinski definition) is 3. The Kier molecular flexibility index (Phi) is 4.43. The molecule has 0 bridgehead atoms. The van der Waals surface area contributed by atoms with Crippen molar-refractivity contribution in [2.24, 2.45) is 11.7 Å². The molecule has 4 heteroatoms. The summed E-state index contributed by atoms with van der Waals surface area (Å²) in [7, 11) is 0. The van der Waals surface area contributed by atoms with E-state index in [-0.39, 0.29) is 0 Å². The lowest BCUT2D eigenvalue weighted by Crippen LogP contribution is -2.32. The van der Waals surface area contributed by atoms with Crippen LogP contribution in [0.1, 0.15) is 44.7 Å². The second kappa shape index (κ2) is 6.06. The highest BCUT2D eigenvalue weighted by molar-refractivity contribution is 5.87. The first-order chi connectivity index (χ1) is 9.10. The molecular formula is C15H23N3O. The van der Waals surface area contributed by atoms with Crippen molar-refractivity contribution < 1.29 is 4.79 Å². The van der Waals surface area contributed by atoms with Crippen molar-refractivity contribution in [2.75, 3.05) is 5.32 Å². The zero-order valence-electron chi connectivity index (χ0n) is 11.6. The molecule has 0 radical (unpaired) electrons. The highest BCUT2D eigenvalue weighted by Gasteiger charge is 2.30. The van der Waals surface area contributed by atoms with E-state index in [9.17, 15) is 4.79 Å². The molecule has 104 valence electrons. The van der Waals surface area contributed by atoms with Gasteiger partial charge in [-0.15, -0.1) is 0 Å². The molecule has 2 unspecified atom stereocenters. The van der Waals surface area contributed by atoms with Crippen molar-refractivity contribution in [3.63, 3.8) is 0 Å². The van der Waals surface area contributed by atoms with Gasteiger partial charge in [-0.3, -0.25) is 0 Å². The Balaban J connectivity index is 1.94. The van der Waals surface area contributed by atoms with Gasteiger partial charge in [-0.25, -0.2) is 4.79 Å². The third-order valence-electron chi connectivity index (χ3n) is 3.77. The number of rotatable bonds is 6. The number of nitrogens with two attached hydrogens (primary N) is 1. The quantitative estimate of drug-likeness (QED) is 0.737. The molecule has 1 aliphatic rings. The van der Waals surface area contributed by atoms with Gasteiger partial charge in [0.15, 0.2) is 0 Å².